The Morgan fingerprint density at radius 3 is 2.87 bits per heavy atom. The van der Waals surface area contributed by atoms with E-state index < -0.39 is 11.9 Å². The van der Waals surface area contributed by atoms with Gasteiger partial charge in [-0.1, -0.05) is 6.07 Å². The molecule has 5 nitrogen and oxygen atoms in total. The maximum absolute atomic E-state index is 11.2. The molecule has 0 bridgehead atoms. The summed E-state index contributed by atoms with van der Waals surface area (Å²) in [6.07, 6.45) is 1.71. The molecule has 80 valence electrons. The highest BCUT2D eigenvalue weighted by atomic mass is 16.5. The first-order valence-electron chi connectivity index (χ1n) is 4.39. The van der Waals surface area contributed by atoms with Crippen LogP contribution in [-0.4, -0.2) is 29.1 Å². The second-order valence-corrected chi connectivity index (χ2v) is 2.90. The predicted octanol–water partition coefficient (Wildman–Crippen LogP) is 0.885. The summed E-state index contributed by atoms with van der Waals surface area (Å²) in [5, 5.41) is 8.52. The van der Waals surface area contributed by atoms with E-state index in [1.165, 1.54) is 13.3 Å². The van der Waals surface area contributed by atoms with Gasteiger partial charge in [0.05, 0.1) is 7.11 Å². The number of carbonyl (C=O) groups excluding carboxylic acids is 1. The van der Waals surface area contributed by atoms with E-state index in [4.69, 9.17) is 5.11 Å². The van der Waals surface area contributed by atoms with Crippen LogP contribution in [0.1, 0.15) is 22.5 Å². The number of esters is 1. The van der Waals surface area contributed by atoms with Gasteiger partial charge in [0.25, 0.3) is 0 Å². The van der Waals surface area contributed by atoms with Gasteiger partial charge in [0.1, 0.15) is 0 Å². The number of carboxylic acid groups (broad SMARTS) is 1. The summed E-state index contributed by atoms with van der Waals surface area (Å²) in [6, 6.07) is 3.33. The monoisotopic (exact) mass is 209 g/mol. The Labute approximate surface area is 86.7 Å². The fourth-order valence-electron chi connectivity index (χ4n) is 1.16. The first-order valence-corrected chi connectivity index (χ1v) is 4.39. The second-order valence-electron chi connectivity index (χ2n) is 2.90. The average Bonchev–Trinajstić information content (AvgIpc) is 2.25. The second kappa shape index (κ2) is 5.09. The van der Waals surface area contributed by atoms with Crippen molar-refractivity contribution in [2.45, 2.75) is 12.8 Å². The summed E-state index contributed by atoms with van der Waals surface area (Å²) in [7, 11) is 1.26. The minimum Gasteiger partial charge on any atom is -0.481 e. The Morgan fingerprint density at radius 2 is 2.27 bits per heavy atom. The number of carboxylic acids is 1. The molecule has 0 fully saturated rings. The lowest BCUT2D eigenvalue weighted by molar-refractivity contribution is -0.136. The third-order valence-electron chi connectivity index (χ3n) is 1.88. The molecule has 1 rings (SSSR count). The lowest BCUT2D eigenvalue weighted by Crippen LogP contribution is -2.09. The van der Waals surface area contributed by atoms with Crippen LogP contribution in [0, 0.1) is 0 Å². The SMILES string of the molecule is COC(=O)c1ncccc1CCC(=O)O. The average molecular weight is 209 g/mol. The number of aromatic nitrogens is 1. The van der Waals surface area contributed by atoms with Gasteiger partial charge >= 0.3 is 11.9 Å². The standard InChI is InChI=1S/C10H11NO4/c1-15-10(14)9-7(3-2-6-11-9)4-5-8(12)13/h2-3,6H,4-5H2,1H3,(H,12,13). The molecule has 0 saturated heterocycles. The van der Waals surface area contributed by atoms with E-state index >= 15 is 0 Å². The number of ether oxygens (including phenoxy) is 1. The van der Waals surface area contributed by atoms with Crippen LogP contribution < -0.4 is 0 Å². The maximum atomic E-state index is 11.2. The van der Waals surface area contributed by atoms with Crippen molar-refractivity contribution in [1.82, 2.24) is 4.98 Å². The molecule has 0 atom stereocenters. The van der Waals surface area contributed by atoms with Gasteiger partial charge in [0.2, 0.25) is 0 Å². The van der Waals surface area contributed by atoms with Crippen molar-refractivity contribution < 1.29 is 19.4 Å². The fourth-order valence-corrected chi connectivity index (χ4v) is 1.16. The van der Waals surface area contributed by atoms with Crippen LogP contribution in [0.5, 0.6) is 0 Å². The van der Waals surface area contributed by atoms with Gasteiger partial charge in [-0.05, 0) is 18.1 Å². The van der Waals surface area contributed by atoms with E-state index in [1.807, 2.05) is 0 Å². The molecule has 1 aromatic heterocycles. The number of aliphatic carboxylic acids is 1. The quantitative estimate of drug-likeness (QED) is 0.745. The van der Waals surface area contributed by atoms with Crippen molar-refractivity contribution >= 4 is 11.9 Å². The van der Waals surface area contributed by atoms with Crippen molar-refractivity contribution in [1.29, 1.82) is 0 Å². The van der Waals surface area contributed by atoms with Gasteiger partial charge in [-0.15, -0.1) is 0 Å². The van der Waals surface area contributed by atoms with Crippen molar-refractivity contribution in [2.24, 2.45) is 0 Å². The minimum atomic E-state index is -0.908. The Morgan fingerprint density at radius 1 is 1.53 bits per heavy atom. The number of nitrogens with zero attached hydrogens (tertiary/aromatic N) is 1. The zero-order chi connectivity index (χ0) is 11.3. The smallest absolute Gasteiger partial charge is 0.356 e. The zero-order valence-electron chi connectivity index (χ0n) is 8.27. The molecule has 0 radical (unpaired) electrons. The van der Waals surface area contributed by atoms with E-state index in [0.717, 1.165) is 0 Å². The number of aryl methyl sites for hydroxylation is 1. The maximum Gasteiger partial charge on any atom is 0.356 e. The molecule has 0 aromatic carbocycles. The van der Waals surface area contributed by atoms with E-state index in [2.05, 4.69) is 9.72 Å². The lowest BCUT2D eigenvalue weighted by Gasteiger charge is -2.04. The van der Waals surface area contributed by atoms with E-state index in [0.29, 0.717) is 5.56 Å². The van der Waals surface area contributed by atoms with Crippen LogP contribution in [0.4, 0.5) is 0 Å². The van der Waals surface area contributed by atoms with Crippen LogP contribution in [0.2, 0.25) is 0 Å². The number of rotatable bonds is 4. The molecule has 0 aliphatic heterocycles. The molecule has 0 amide bonds. The molecule has 0 saturated carbocycles. The topological polar surface area (TPSA) is 76.5 Å². The number of hydrogen-bond acceptors (Lipinski definition) is 4. The van der Waals surface area contributed by atoms with E-state index in [1.54, 1.807) is 12.1 Å². The number of carbonyl (C=O) groups is 2. The van der Waals surface area contributed by atoms with Gasteiger partial charge < -0.3 is 9.84 Å². The summed E-state index contributed by atoms with van der Waals surface area (Å²) in [5.74, 6) is -1.45. The van der Waals surface area contributed by atoms with E-state index in [-0.39, 0.29) is 18.5 Å². The molecule has 15 heavy (non-hydrogen) atoms. The Kier molecular flexibility index (Phi) is 3.79. The highest BCUT2D eigenvalue weighted by Crippen LogP contribution is 2.09. The largest absolute Gasteiger partial charge is 0.481 e. The van der Waals surface area contributed by atoms with Crippen LogP contribution in [0.3, 0.4) is 0 Å². The number of pyridine rings is 1. The molecule has 0 aliphatic carbocycles. The molecule has 5 heteroatoms. The fraction of sp³-hybridized carbons (Fsp3) is 0.300. The molecule has 0 spiro atoms. The summed E-state index contributed by atoms with van der Waals surface area (Å²) in [6.45, 7) is 0. The highest BCUT2D eigenvalue weighted by molar-refractivity contribution is 5.88. The zero-order valence-corrected chi connectivity index (χ0v) is 8.27. The van der Waals surface area contributed by atoms with Gasteiger partial charge in [-0.3, -0.25) is 4.79 Å². The molecule has 0 unspecified atom stereocenters. The van der Waals surface area contributed by atoms with Crippen molar-refractivity contribution in [2.75, 3.05) is 7.11 Å². The van der Waals surface area contributed by atoms with Crippen molar-refractivity contribution in [3.05, 3.63) is 29.6 Å². The number of hydrogen-bond donors (Lipinski definition) is 1. The van der Waals surface area contributed by atoms with Crippen molar-refractivity contribution in [3.63, 3.8) is 0 Å². The predicted molar refractivity (Wildman–Crippen MR) is 51.5 cm³/mol. The van der Waals surface area contributed by atoms with Crippen LogP contribution in [0.15, 0.2) is 18.3 Å². The van der Waals surface area contributed by atoms with Gasteiger partial charge in [-0.2, -0.15) is 0 Å². The molecule has 1 N–H and O–H groups in total. The highest BCUT2D eigenvalue weighted by Gasteiger charge is 2.13. The first-order chi connectivity index (χ1) is 7.15. The molecular formula is C10H11NO4. The molecule has 0 aliphatic rings. The molecule has 1 heterocycles. The minimum absolute atomic E-state index is 0.0321. The molecular weight excluding hydrogens is 198 g/mol. The Bertz CT molecular complexity index is 375. The third-order valence-corrected chi connectivity index (χ3v) is 1.88. The Hall–Kier alpha value is -1.91. The summed E-state index contributed by atoms with van der Waals surface area (Å²) in [5.41, 5.74) is 0.771. The normalized spacial score (nSPS) is 9.67. The van der Waals surface area contributed by atoms with Crippen LogP contribution in [0.25, 0.3) is 0 Å². The summed E-state index contributed by atoms with van der Waals surface area (Å²) >= 11 is 0. The summed E-state index contributed by atoms with van der Waals surface area (Å²) < 4.78 is 4.53. The van der Waals surface area contributed by atoms with Crippen LogP contribution >= 0.6 is 0 Å². The van der Waals surface area contributed by atoms with Gasteiger partial charge in [0.15, 0.2) is 5.69 Å². The van der Waals surface area contributed by atoms with Crippen LogP contribution in [-0.2, 0) is 16.0 Å². The lowest BCUT2D eigenvalue weighted by atomic mass is 10.1. The van der Waals surface area contributed by atoms with E-state index in [9.17, 15) is 9.59 Å². The summed E-state index contributed by atoms with van der Waals surface area (Å²) in [4.78, 5) is 25.5. The third kappa shape index (κ3) is 3.05. The van der Waals surface area contributed by atoms with Gasteiger partial charge in [-0.25, -0.2) is 9.78 Å². The Balaban J connectivity index is 2.86. The number of methoxy groups -OCH3 is 1. The van der Waals surface area contributed by atoms with Gasteiger partial charge in [0, 0.05) is 12.6 Å². The molecule has 1 aromatic rings. The van der Waals surface area contributed by atoms with Crippen molar-refractivity contribution in [3.8, 4) is 0 Å². The first kappa shape index (κ1) is 11.2.